The molecule has 0 saturated heterocycles. The number of rotatable bonds is 3. The number of aromatic nitrogens is 1. The van der Waals surface area contributed by atoms with Crippen molar-refractivity contribution in [3.05, 3.63) is 18.5 Å². The van der Waals surface area contributed by atoms with Crippen LogP contribution in [0.3, 0.4) is 0 Å². The third-order valence-corrected chi connectivity index (χ3v) is 6.37. The second-order valence-corrected chi connectivity index (χ2v) is 7.63. The zero-order valence-corrected chi connectivity index (χ0v) is 11.1. The molecule has 1 heterocycles. The average molecular weight is 266 g/mol. The average Bonchev–Trinajstić information content (AvgIpc) is 2.90. The molecule has 1 aromatic rings. The van der Waals surface area contributed by atoms with Gasteiger partial charge in [-0.1, -0.05) is 6.42 Å². The summed E-state index contributed by atoms with van der Waals surface area (Å²) in [6.45, 7) is 0. The van der Waals surface area contributed by atoms with Crippen molar-refractivity contribution in [2.45, 2.75) is 30.6 Å². The van der Waals surface area contributed by atoms with Crippen LogP contribution in [-0.4, -0.2) is 19.2 Å². The van der Waals surface area contributed by atoms with Gasteiger partial charge in [0, 0.05) is 6.20 Å². The van der Waals surface area contributed by atoms with Gasteiger partial charge in [0.25, 0.3) is 0 Å². The molecule has 2 N–H and O–H groups in total. The molecule has 1 aromatic heterocycles. The summed E-state index contributed by atoms with van der Waals surface area (Å²) in [6, 6.07) is 1.51. The second-order valence-electron chi connectivity index (χ2n) is 5.63. The molecular formula is C13H18N2O2S. The molecule has 0 spiro atoms. The second kappa shape index (κ2) is 4.23. The van der Waals surface area contributed by atoms with Crippen LogP contribution in [-0.2, 0) is 9.84 Å². The Kier molecular flexibility index (Phi) is 2.81. The van der Waals surface area contributed by atoms with Crippen LogP contribution >= 0.6 is 0 Å². The number of nitrogens with zero attached hydrogens (tertiary/aromatic N) is 1. The van der Waals surface area contributed by atoms with E-state index in [0.717, 1.165) is 12.3 Å². The maximum Gasteiger partial charge on any atom is 0.180 e. The fourth-order valence-electron chi connectivity index (χ4n) is 3.63. The van der Waals surface area contributed by atoms with Gasteiger partial charge in [0.1, 0.15) is 0 Å². The van der Waals surface area contributed by atoms with Gasteiger partial charge in [-0.15, -0.1) is 0 Å². The highest BCUT2D eigenvalue weighted by Gasteiger charge is 2.41. The van der Waals surface area contributed by atoms with Crippen LogP contribution in [0, 0.1) is 17.8 Å². The molecule has 3 rings (SSSR count). The molecule has 3 unspecified atom stereocenters. The normalized spacial score (nSPS) is 30.8. The predicted octanol–water partition coefficient (Wildman–Crippen LogP) is 1.87. The highest BCUT2D eigenvalue weighted by atomic mass is 32.2. The molecule has 18 heavy (non-hydrogen) atoms. The quantitative estimate of drug-likeness (QED) is 0.906. The minimum absolute atomic E-state index is 0.250. The molecule has 98 valence electrons. The molecule has 5 heteroatoms. The van der Waals surface area contributed by atoms with Gasteiger partial charge in [-0.25, -0.2) is 8.42 Å². The van der Waals surface area contributed by atoms with Gasteiger partial charge in [-0.2, -0.15) is 0 Å². The largest absolute Gasteiger partial charge is 0.396 e. The molecule has 0 aliphatic heterocycles. The first kappa shape index (κ1) is 12.0. The van der Waals surface area contributed by atoms with E-state index in [2.05, 4.69) is 4.98 Å². The molecule has 0 amide bonds. The van der Waals surface area contributed by atoms with Gasteiger partial charge in [0.2, 0.25) is 0 Å². The maximum absolute atomic E-state index is 12.4. The monoisotopic (exact) mass is 266 g/mol. The van der Waals surface area contributed by atoms with Crippen molar-refractivity contribution in [1.82, 2.24) is 4.98 Å². The molecule has 2 fully saturated rings. The Morgan fingerprint density at radius 2 is 2.17 bits per heavy atom. The van der Waals surface area contributed by atoms with E-state index in [-0.39, 0.29) is 16.3 Å². The van der Waals surface area contributed by atoms with E-state index in [1.54, 1.807) is 0 Å². The summed E-state index contributed by atoms with van der Waals surface area (Å²) in [5, 5.41) is 0. The third-order valence-electron chi connectivity index (χ3n) is 4.46. The first-order chi connectivity index (χ1) is 8.56. The van der Waals surface area contributed by atoms with E-state index in [1.165, 1.54) is 37.7 Å². The van der Waals surface area contributed by atoms with Crippen LogP contribution < -0.4 is 5.73 Å². The molecule has 0 radical (unpaired) electrons. The van der Waals surface area contributed by atoms with Crippen LogP contribution in [0.4, 0.5) is 5.69 Å². The van der Waals surface area contributed by atoms with Gasteiger partial charge in [0.15, 0.2) is 9.84 Å². The topological polar surface area (TPSA) is 73.0 Å². The zero-order chi connectivity index (χ0) is 12.8. The van der Waals surface area contributed by atoms with E-state index in [9.17, 15) is 8.42 Å². The molecule has 4 nitrogen and oxygen atoms in total. The van der Waals surface area contributed by atoms with Crippen LogP contribution in [0.15, 0.2) is 23.4 Å². The van der Waals surface area contributed by atoms with E-state index < -0.39 is 9.84 Å². The first-order valence-corrected chi connectivity index (χ1v) is 8.14. The van der Waals surface area contributed by atoms with Crippen molar-refractivity contribution in [3.63, 3.8) is 0 Å². The highest BCUT2D eigenvalue weighted by molar-refractivity contribution is 7.91. The fourth-order valence-corrected chi connectivity index (χ4v) is 5.46. The lowest BCUT2D eigenvalue weighted by Crippen LogP contribution is -2.22. The summed E-state index contributed by atoms with van der Waals surface area (Å²) in [4.78, 5) is 4.09. The lowest BCUT2D eigenvalue weighted by Gasteiger charge is -2.21. The summed E-state index contributed by atoms with van der Waals surface area (Å²) in [5.41, 5.74) is 5.98. The van der Waals surface area contributed by atoms with Gasteiger partial charge >= 0.3 is 0 Å². The Morgan fingerprint density at radius 3 is 2.78 bits per heavy atom. The molecule has 3 atom stereocenters. The number of nitrogens with two attached hydrogens (primary N) is 1. The smallest absolute Gasteiger partial charge is 0.180 e. The minimum atomic E-state index is -3.26. The van der Waals surface area contributed by atoms with Crippen molar-refractivity contribution < 1.29 is 8.42 Å². The maximum atomic E-state index is 12.4. The summed E-state index contributed by atoms with van der Waals surface area (Å²) in [7, 11) is -3.26. The lowest BCUT2D eigenvalue weighted by atomic mass is 9.90. The first-order valence-electron chi connectivity index (χ1n) is 6.48. The number of nitrogen functional groups attached to an aromatic ring is 1. The molecule has 2 saturated carbocycles. The molecule has 0 aromatic carbocycles. The molecule has 2 bridgehead atoms. The summed E-state index contributed by atoms with van der Waals surface area (Å²) < 4.78 is 24.8. The van der Waals surface area contributed by atoms with Gasteiger partial charge < -0.3 is 5.73 Å². The van der Waals surface area contributed by atoms with Crippen LogP contribution in [0.2, 0.25) is 0 Å². The number of pyridine rings is 1. The van der Waals surface area contributed by atoms with Crippen molar-refractivity contribution >= 4 is 15.5 Å². The Balaban J connectivity index is 1.82. The minimum Gasteiger partial charge on any atom is -0.396 e. The van der Waals surface area contributed by atoms with Crippen LogP contribution in [0.5, 0.6) is 0 Å². The number of anilines is 1. The van der Waals surface area contributed by atoms with E-state index in [1.807, 2.05) is 0 Å². The van der Waals surface area contributed by atoms with Gasteiger partial charge in [0.05, 0.1) is 22.5 Å². The van der Waals surface area contributed by atoms with Gasteiger partial charge in [-0.05, 0) is 43.1 Å². The van der Waals surface area contributed by atoms with Crippen molar-refractivity contribution in [2.24, 2.45) is 17.8 Å². The number of hydrogen-bond acceptors (Lipinski definition) is 4. The molecule has 2 aliphatic carbocycles. The van der Waals surface area contributed by atoms with Crippen LogP contribution in [0.1, 0.15) is 25.7 Å². The summed E-state index contributed by atoms with van der Waals surface area (Å²) in [5.74, 6) is 1.97. The van der Waals surface area contributed by atoms with Gasteiger partial charge in [-0.3, -0.25) is 4.98 Å². The predicted molar refractivity (Wildman–Crippen MR) is 69.6 cm³/mol. The van der Waals surface area contributed by atoms with Crippen molar-refractivity contribution in [2.75, 3.05) is 11.5 Å². The van der Waals surface area contributed by atoms with Crippen molar-refractivity contribution in [1.29, 1.82) is 0 Å². The third kappa shape index (κ3) is 2.00. The Morgan fingerprint density at radius 1 is 1.33 bits per heavy atom. The van der Waals surface area contributed by atoms with E-state index in [4.69, 9.17) is 5.73 Å². The number of sulfone groups is 1. The number of fused-ring (bicyclic) bond motifs is 2. The Hall–Kier alpha value is -1.10. The lowest BCUT2D eigenvalue weighted by molar-refractivity contribution is 0.360. The summed E-state index contributed by atoms with van der Waals surface area (Å²) in [6.07, 6.45) is 7.70. The Labute approximate surface area is 108 Å². The van der Waals surface area contributed by atoms with Crippen LogP contribution in [0.25, 0.3) is 0 Å². The standard InChI is InChI=1S/C13H18N2O2S/c14-12-7-15-4-3-13(12)18(16,17)8-11-6-9-1-2-10(11)5-9/h3-4,7,9-11H,1-2,5-6,8,14H2. The van der Waals surface area contributed by atoms with E-state index in [0.29, 0.717) is 11.8 Å². The summed E-state index contributed by atoms with van der Waals surface area (Å²) >= 11 is 0. The number of hydrogen-bond donors (Lipinski definition) is 1. The molecule has 2 aliphatic rings. The Bertz CT molecular complexity index is 556. The molecular weight excluding hydrogens is 248 g/mol. The zero-order valence-electron chi connectivity index (χ0n) is 10.2. The highest BCUT2D eigenvalue weighted by Crippen LogP contribution is 2.49. The SMILES string of the molecule is Nc1cnccc1S(=O)(=O)CC1CC2CCC1C2. The van der Waals surface area contributed by atoms with E-state index >= 15 is 0 Å². The van der Waals surface area contributed by atoms with Crippen molar-refractivity contribution in [3.8, 4) is 0 Å². The fraction of sp³-hybridized carbons (Fsp3) is 0.615.